The molecule has 0 saturated heterocycles. The molecule has 6 heteroatoms. The van der Waals surface area contributed by atoms with E-state index in [0.29, 0.717) is 16.8 Å². The van der Waals surface area contributed by atoms with E-state index in [-0.39, 0.29) is 11.7 Å². The van der Waals surface area contributed by atoms with Crippen LogP contribution in [0.15, 0.2) is 60.2 Å². The Balaban J connectivity index is 0.000000219. The molecule has 1 aromatic heterocycles. The van der Waals surface area contributed by atoms with Gasteiger partial charge in [0.2, 0.25) is 0 Å². The monoisotopic (exact) mass is 367 g/mol. The molecule has 3 aromatic rings. The highest BCUT2D eigenvalue weighted by molar-refractivity contribution is 5.89. The Morgan fingerprint density at radius 2 is 1.85 bits per heavy atom. The Kier molecular flexibility index (Phi) is 8.03. The number of carbonyl (C=O) groups is 1. The summed E-state index contributed by atoms with van der Waals surface area (Å²) in [4.78, 5) is 11.7. The number of aromatic nitrogens is 3. The van der Waals surface area contributed by atoms with E-state index in [9.17, 15) is 4.79 Å². The van der Waals surface area contributed by atoms with E-state index in [4.69, 9.17) is 9.84 Å². The van der Waals surface area contributed by atoms with Crippen molar-refractivity contribution in [3.05, 3.63) is 60.2 Å². The van der Waals surface area contributed by atoms with Crippen LogP contribution in [0.4, 0.5) is 0 Å². The van der Waals surface area contributed by atoms with Crippen LogP contribution in [0.25, 0.3) is 11.0 Å². The average molecular weight is 367 g/mol. The molecule has 0 spiro atoms. The van der Waals surface area contributed by atoms with Gasteiger partial charge in [0.05, 0.1) is 0 Å². The lowest BCUT2D eigenvalue weighted by Gasteiger charge is -2.03. The van der Waals surface area contributed by atoms with Crippen LogP contribution in [-0.4, -0.2) is 26.5 Å². The number of ether oxygens (including phenoxy) is 1. The summed E-state index contributed by atoms with van der Waals surface area (Å²) in [6.07, 6.45) is 6.44. The lowest BCUT2D eigenvalue weighted by Crippen LogP contribution is -2.09. The molecule has 6 nitrogen and oxygen atoms in total. The zero-order chi connectivity index (χ0) is 19.5. The molecule has 1 heterocycles. The maximum atomic E-state index is 11.7. The standard InChI is InChI=1S/C15H20O2.C6H5N3O/c1-3-4-5-7-10-13(2)15(16)17-14-11-8-6-9-12-14;10-4-1-2-5-6(3-4)8-9-7-5/h6,8-12H,3-5,7H2,1-2H3;1-3,10H,(H,7,8,9). The molecule has 0 radical (unpaired) electrons. The fraction of sp³-hybridized carbons (Fsp3) is 0.286. The van der Waals surface area contributed by atoms with Crippen LogP contribution < -0.4 is 4.74 Å². The highest BCUT2D eigenvalue weighted by atomic mass is 16.5. The number of fused-ring (bicyclic) bond motifs is 1. The number of nitrogens with zero attached hydrogens (tertiary/aromatic N) is 2. The predicted octanol–water partition coefficient (Wildman–Crippen LogP) is 4.78. The van der Waals surface area contributed by atoms with Crippen molar-refractivity contribution in [2.45, 2.75) is 39.5 Å². The molecule has 0 aliphatic heterocycles. The highest BCUT2D eigenvalue weighted by Crippen LogP contribution is 2.14. The lowest BCUT2D eigenvalue weighted by atomic mass is 10.1. The van der Waals surface area contributed by atoms with Crippen molar-refractivity contribution in [2.75, 3.05) is 0 Å². The number of hydrogen-bond acceptors (Lipinski definition) is 5. The first-order valence-corrected chi connectivity index (χ1v) is 9.03. The molecule has 27 heavy (non-hydrogen) atoms. The van der Waals surface area contributed by atoms with E-state index in [1.54, 1.807) is 37.3 Å². The van der Waals surface area contributed by atoms with E-state index >= 15 is 0 Å². The topological polar surface area (TPSA) is 88.1 Å². The Hall–Kier alpha value is -3.15. The maximum Gasteiger partial charge on any atom is 0.338 e. The van der Waals surface area contributed by atoms with Crippen molar-refractivity contribution in [3.63, 3.8) is 0 Å². The van der Waals surface area contributed by atoms with E-state index in [2.05, 4.69) is 22.3 Å². The van der Waals surface area contributed by atoms with Crippen molar-refractivity contribution in [1.29, 1.82) is 0 Å². The SMILES string of the molecule is CCCCCC=C(C)C(=O)Oc1ccccc1.Oc1ccc2n[nH]nc2c1. The van der Waals surface area contributed by atoms with Gasteiger partial charge in [0, 0.05) is 11.6 Å². The molecule has 0 fully saturated rings. The summed E-state index contributed by atoms with van der Waals surface area (Å²) in [5.41, 5.74) is 2.13. The number of hydrogen-bond donors (Lipinski definition) is 2. The number of esters is 1. The second-order valence-electron chi connectivity index (χ2n) is 6.08. The Morgan fingerprint density at radius 3 is 2.59 bits per heavy atom. The quantitative estimate of drug-likeness (QED) is 0.283. The molecule has 3 rings (SSSR count). The molecular weight excluding hydrogens is 342 g/mol. The lowest BCUT2D eigenvalue weighted by molar-refractivity contribution is -0.130. The van der Waals surface area contributed by atoms with Gasteiger partial charge in [0.25, 0.3) is 0 Å². The van der Waals surface area contributed by atoms with Crippen LogP contribution in [0.5, 0.6) is 11.5 Å². The van der Waals surface area contributed by atoms with E-state index < -0.39 is 0 Å². The number of H-pyrrole nitrogens is 1. The number of nitrogens with one attached hydrogen (secondary N) is 1. The van der Waals surface area contributed by atoms with Gasteiger partial charge in [0.1, 0.15) is 22.5 Å². The number of allylic oxidation sites excluding steroid dienone is 1. The van der Waals surface area contributed by atoms with Crippen LogP contribution >= 0.6 is 0 Å². The van der Waals surface area contributed by atoms with Gasteiger partial charge < -0.3 is 9.84 Å². The van der Waals surface area contributed by atoms with Crippen molar-refractivity contribution < 1.29 is 14.6 Å². The van der Waals surface area contributed by atoms with E-state index in [0.717, 1.165) is 18.4 Å². The van der Waals surface area contributed by atoms with Gasteiger partial charge >= 0.3 is 5.97 Å². The number of aromatic hydroxyl groups is 1. The summed E-state index contributed by atoms with van der Waals surface area (Å²) >= 11 is 0. The third-order valence-electron chi connectivity index (χ3n) is 3.83. The summed E-state index contributed by atoms with van der Waals surface area (Å²) in [7, 11) is 0. The Labute approximate surface area is 158 Å². The molecule has 0 aliphatic carbocycles. The Morgan fingerprint density at radius 1 is 1.11 bits per heavy atom. The van der Waals surface area contributed by atoms with E-state index in [1.165, 1.54) is 12.8 Å². The first kappa shape index (κ1) is 20.2. The number of aromatic amines is 1. The minimum atomic E-state index is -0.257. The molecule has 0 aliphatic rings. The molecule has 0 atom stereocenters. The van der Waals surface area contributed by atoms with Crippen LogP contribution in [0.3, 0.4) is 0 Å². The van der Waals surface area contributed by atoms with Gasteiger partial charge in [-0.25, -0.2) is 4.79 Å². The summed E-state index contributed by atoms with van der Waals surface area (Å²) in [6, 6.07) is 14.0. The van der Waals surface area contributed by atoms with Gasteiger partial charge in [-0.15, -0.1) is 0 Å². The zero-order valence-electron chi connectivity index (χ0n) is 15.7. The molecule has 0 unspecified atom stereocenters. The number of carbonyl (C=O) groups excluding carboxylic acids is 1. The number of benzene rings is 2. The van der Waals surface area contributed by atoms with Crippen LogP contribution in [-0.2, 0) is 4.79 Å². The molecular formula is C21H25N3O3. The van der Waals surface area contributed by atoms with Gasteiger partial charge in [-0.05, 0) is 44.0 Å². The zero-order valence-corrected chi connectivity index (χ0v) is 15.7. The number of phenolic OH excluding ortho intramolecular Hbond substituents is 1. The third kappa shape index (κ3) is 6.93. The second-order valence-corrected chi connectivity index (χ2v) is 6.08. The normalized spacial score (nSPS) is 11.0. The molecule has 2 N–H and O–H groups in total. The van der Waals surface area contributed by atoms with Gasteiger partial charge in [-0.1, -0.05) is 44.0 Å². The number of para-hydroxylation sites is 1. The number of phenols is 1. The van der Waals surface area contributed by atoms with Crippen molar-refractivity contribution in [2.24, 2.45) is 0 Å². The number of unbranched alkanes of at least 4 members (excludes halogenated alkanes) is 3. The van der Waals surface area contributed by atoms with Crippen LogP contribution in [0.2, 0.25) is 0 Å². The molecule has 2 aromatic carbocycles. The summed E-state index contributed by atoms with van der Waals surface area (Å²) in [5.74, 6) is 0.549. The summed E-state index contributed by atoms with van der Waals surface area (Å²) in [6.45, 7) is 3.97. The number of rotatable bonds is 6. The van der Waals surface area contributed by atoms with Crippen molar-refractivity contribution in [1.82, 2.24) is 15.4 Å². The van der Waals surface area contributed by atoms with Gasteiger partial charge in [-0.3, -0.25) is 0 Å². The van der Waals surface area contributed by atoms with Crippen LogP contribution in [0.1, 0.15) is 39.5 Å². The molecule has 0 bridgehead atoms. The smallest absolute Gasteiger partial charge is 0.338 e. The minimum Gasteiger partial charge on any atom is -0.508 e. The van der Waals surface area contributed by atoms with E-state index in [1.807, 2.05) is 24.3 Å². The molecule has 142 valence electrons. The fourth-order valence-corrected chi connectivity index (χ4v) is 2.30. The first-order chi connectivity index (χ1) is 13.1. The van der Waals surface area contributed by atoms with Gasteiger partial charge in [-0.2, -0.15) is 15.4 Å². The maximum absolute atomic E-state index is 11.7. The predicted molar refractivity (Wildman–Crippen MR) is 106 cm³/mol. The Bertz CT molecular complexity index is 873. The van der Waals surface area contributed by atoms with Gasteiger partial charge in [0.15, 0.2) is 0 Å². The molecule has 0 saturated carbocycles. The fourth-order valence-electron chi connectivity index (χ4n) is 2.30. The van der Waals surface area contributed by atoms with Crippen molar-refractivity contribution >= 4 is 17.0 Å². The minimum absolute atomic E-state index is 0.210. The first-order valence-electron chi connectivity index (χ1n) is 9.03. The summed E-state index contributed by atoms with van der Waals surface area (Å²) in [5, 5.41) is 19.0. The summed E-state index contributed by atoms with van der Waals surface area (Å²) < 4.78 is 5.23. The van der Waals surface area contributed by atoms with Crippen molar-refractivity contribution in [3.8, 4) is 11.5 Å². The average Bonchev–Trinajstić information content (AvgIpc) is 3.14. The molecule has 0 amide bonds. The third-order valence-corrected chi connectivity index (χ3v) is 3.83. The largest absolute Gasteiger partial charge is 0.508 e. The van der Waals surface area contributed by atoms with Crippen LogP contribution in [0, 0.1) is 0 Å². The highest BCUT2D eigenvalue weighted by Gasteiger charge is 2.06. The second kappa shape index (κ2) is 10.8.